The van der Waals surface area contributed by atoms with Crippen LogP contribution < -0.4 is 5.84 Å². The van der Waals surface area contributed by atoms with E-state index in [9.17, 15) is 0 Å². The zero-order valence-corrected chi connectivity index (χ0v) is 17.4. The van der Waals surface area contributed by atoms with Gasteiger partial charge in [-0.15, -0.1) is 10.2 Å². The Labute approximate surface area is 168 Å². The van der Waals surface area contributed by atoms with Crippen LogP contribution in [0.25, 0.3) is 17.0 Å². The SMILES string of the molecule is Cc1cccn2cc(CSc3nnc(-c4ccc(C(C)(C)C)cc4)n3N)nc12. The smallest absolute Gasteiger partial charge is 0.210 e. The number of imidazole rings is 1. The predicted octanol–water partition coefficient (Wildman–Crippen LogP) is 4.20. The number of aryl methyl sites for hydroxylation is 1. The molecule has 0 aliphatic heterocycles. The molecule has 4 aromatic rings. The van der Waals surface area contributed by atoms with Crippen molar-refractivity contribution in [3.63, 3.8) is 0 Å². The Morgan fingerprint density at radius 3 is 2.50 bits per heavy atom. The summed E-state index contributed by atoms with van der Waals surface area (Å²) in [6.45, 7) is 8.65. The maximum absolute atomic E-state index is 6.27. The highest BCUT2D eigenvalue weighted by Gasteiger charge is 2.16. The second kappa shape index (κ2) is 6.98. The number of hydrogen-bond acceptors (Lipinski definition) is 5. The predicted molar refractivity (Wildman–Crippen MR) is 114 cm³/mol. The molecule has 0 unspecified atom stereocenters. The van der Waals surface area contributed by atoms with Crippen molar-refractivity contribution in [2.24, 2.45) is 0 Å². The lowest BCUT2D eigenvalue weighted by atomic mass is 9.87. The minimum Gasteiger partial charge on any atom is -0.335 e. The van der Waals surface area contributed by atoms with E-state index in [1.807, 2.05) is 35.0 Å². The summed E-state index contributed by atoms with van der Waals surface area (Å²) in [6.07, 6.45) is 4.05. The molecule has 0 saturated carbocycles. The van der Waals surface area contributed by atoms with Crippen LogP contribution in [-0.2, 0) is 11.2 Å². The molecule has 0 bridgehead atoms. The molecule has 0 amide bonds. The molecule has 144 valence electrons. The third kappa shape index (κ3) is 3.49. The summed E-state index contributed by atoms with van der Waals surface area (Å²) in [5.74, 6) is 7.61. The summed E-state index contributed by atoms with van der Waals surface area (Å²) in [5, 5.41) is 9.22. The fourth-order valence-electron chi connectivity index (χ4n) is 3.10. The summed E-state index contributed by atoms with van der Waals surface area (Å²) < 4.78 is 3.60. The first-order valence-corrected chi connectivity index (χ1v) is 10.2. The average molecular weight is 393 g/mol. The number of rotatable bonds is 4. The van der Waals surface area contributed by atoms with Gasteiger partial charge in [-0.2, -0.15) is 0 Å². The van der Waals surface area contributed by atoms with E-state index in [2.05, 4.69) is 56.1 Å². The normalized spacial score (nSPS) is 12.0. The molecule has 0 saturated heterocycles. The van der Waals surface area contributed by atoms with Crippen molar-refractivity contribution in [1.29, 1.82) is 0 Å². The lowest BCUT2D eigenvalue weighted by Crippen LogP contribution is -2.12. The molecule has 3 aromatic heterocycles. The molecule has 0 atom stereocenters. The van der Waals surface area contributed by atoms with Gasteiger partial charge in [0.2, 0.25) is 5.16 Å². The second-order valence-corrected chi connectivity index (χ2v) is 8.89. The largest absolute Gasteiger partial charge is 0.335 e. The van der Waals surface area contributed by atoms with Gasteiger partial charge in [0.15, 0.2) is 5.82 Å². The van der Waals surface area contributed by atoms with Gasteiger partial charge in [0, 0.05) is 23.7 Å². The van der Waals surface area contributed by atoms with Crippen molar-refractivity contribution in [3.05, 3.63) is 65.6 Å². The van der Waals surface area contributed by atoms with Crippen molar-refractivity contribution in [3.8, 4) is 11.4 Å². The first-order chi connectivity index (χ1) is 13.3. The molecule has 2 N–H and O–H groups in total. The van der Waals surface area contributed by atoms with E-state index < -0.39 is 0 Å². The fourth-order valence-corrected chi connectivity index (χ4v) is 3.84. The third-order valence-electron chi connectivity index (χ3n) is 4.75. The van der Waals surface area contributed by atoms with E-state index in [0.717, 1.165) is 22.5 Å². The summed E-state index contributed by atoms with van der Waals surface area (Å²) in [4.78, 5) is 4.70. The minimum atomic E-state index is 0.113. The van der Waals surface area contributed by atoms with Gasteiger partial charge in [0.25, 0.3) is 0 Å². The number of nitrogens with two attached hydrogens (primary N) is 1. The Morgan fingerprint density at radius 1 is 1.07 bits per heavy atom. The molecular formula is C21H24N6S. The summed E-state index contributed by atoms with van der Waals surface area (Å²) in [7, 11) is 0. The maximum Gasteiger partial charge on any atom is 0.210 e. The zero-order valence-electron chi connectivity index (χ0n) is 16.5. The molecule has 0 spiro atoms. The van der Waals surface area contributed by atoms with Crippen molar-refractivity contribution < 1.29 is 0 Å². The topological polar surface area (TPSA) is 74.0 Å². The Balaban J connectivity index is 1.52. The molecular weight excluding hydrogens is 368 g/mol. The lowest BCUT2D eigenvalue weighted by Gasteiger charge is -2.19. The summed E-state index contributed by atoms with van der Waals surface area (Å²) in [5.41, 5.74) is 5.46. The second-order valence-electron chi connectivity index (χ2n) is 7.95. The van der Waals surface area contributed by atoms with Gasteiger partial charge in [0.05, 0.1) is 5.69 Å². The molecule has 1 aromatic carbocycles. The first-order valence-electron chi connectivity index (χ1n) is 9.20. The summed E-state index contributed by atoms with van der Waals surface area (Å²) >= 11 is 1.53. The first kappa shape index (κ1) is 18.6. The van der Waals surface area contributed by atoms with Crippen LogP contribution in [0.15, 0.2) is 53.9 Å². The van der Waals surface area contributed by atoms with Crippen LogP contribution in [0.3, 0.4) is 0 Å². The summed E-state index contributed by atoms with van der Waals surface area (Å²) in [6, 6.07) is 12.4. The Hall–Kier alpha value is -2.80. The molecule has 0 aliphatic carbocycles. The zero-order chi connectivity index (χ0) is 19.9. The number of aromatic nitrogens is 5. The van der Waals surface area contributed by atoms with Gasteiger partial charge in [0.1, 0.15) is 5.65 Å². The monoisotopic (exact) mass is 392 g/mol. The Kier molecular flexibility index (Phi) is 4.63. The van der Waals surface area contributed by atoms with E-state index in [0.29, 0.717) is 16.7 Å². The molecule has 7 heteroatoms. The van der Waals surface area contributed by atoms with Crippen LogP contribution in [-0.4, -0.2) is 24.3 Å². The number of hydrogen-bond donors (Lipinski definition) is 1. The fraction of sp³-hybridized carbons (Fsp3) is 0.286. The van der Waals surface area contributed by atoms with Crippen molar-refractivity contribution >= 4 is 17.4 Å². The number of nitrogen functional groups attached to an aromatic ring is 1. The third-order valence-corrected chi connectivity index (χ3v) is 5.73. The highest BCUT2D eigenvalue weighted by Crippen LogP contribution is 2.27. The molecule has 6 nitrogen and oxygen atoms in total. The minimum absolute atomic E-state index is 0.113. The van der Waals surface area contributed by atoms with Gasteiger partial charge in [-0.25, -0.2) is 9.66 Å². The van der Waals surface area contributed by atoms with Gasteiger partial charge in [-0.05, 0) is 29.5 Å². The van der Waals surface area contributed by atoms with E-state index in [1.54, 1.807) is 4.68 Å². The average Bonchev–Trinajstić information content (AvgIpc) is 3.23. The van der Waals surface area contributed by atoms with Crippen LogP contribution in [0, 0.1) is 6.92 Å². The van der Waals surface area contributed by atoms with Gasteiger partial charge in [-0.1, -0.05) is 62.9 Å². The standard InChI is InChI=1S/C21H24N6S/c1-14-6-5-11-26-12-17(23-18(14)26)13-28-20-25-24-19(27(20)22)15-7-9-16(10-8-15)21(2,3)4/h5-12H,13,22H2,1-4H3. The molecule has 0 radical (unpaired) electrons. The van der Waals surface area contributed by atoms with Crippen molar-refractivity contribution in [2.45, 2.75) is 44.0 Å². The Bertz CT molecular complexity index is 1120. The van der Waals surface area contributed by atoms with Crippen molar-refractivity contribution in [1.82, 2.24) is 24.3 Å². The van der Waals surface area contributed by atoms with Gasteiger partial charge in [-0.3, -0.25) is 0 Å². The van der Waals surface area contributed by atoms with Crippen LogP contribution in [0.1, 0.15) is 37.6 Å². The molecule has 28 heavy (non-hydrogen) atoms. The van der Waals surface area contributed by atoms with Gasteiger partial charge < -0.3 is 10.2 Å². The van der Waals surface area contributed by atoms with Crippen LogP contribution >= 0.6 is 11.8 Å². The highest BCUT2D eigenvalue weighted by molar-refractivity contribution is 7.98. The Morgan fingerprint density at radius 2 is 1.82 bits per heavy atom. The number of benzene rings is 1. The molecule has 4 rings (SSSR count). The molecule has 0 aliphatic rings. The van der Waals surface area contributed by atoms with Crippen molar-refractivity contribution in [2.75, 3.05) is 5.84 Å². The number of thioether (sulfide) groups is 1. The number of pyridine rings is 1. The number of nitrogens with zero attached hydrogens (tertiary/aromatic N) is 5. The van der Waals surface area contributed by atoms with E-state index in [-0.39, 0.29) is 5.41 Å². The van der Waals surface area contributed by atoms with Crippen LogP contribution in [0.2, 0.25) is 0 Å². The molecule has 0 fully saturated rings. The van der Waals surface area contributed by atoms with E-state index in [4.69, 9.17) is 10.8 Å². The number of fused-ring (bicyclic) bond motifs is 1. The highest BCUT2D eigenvalue weighted by atomic mass is 32.2. The van der Waals surface area contributed by atoms with Gasteiger partial charge >= 0.3 is 0 Å². The van der Waals surface area contributed by atoms with E-state index >= 15 is 0 Å². The maximum atomic E-state index is 6.27. The lowest BCUT2D eigenvalue weighted by molar-refractivity contribution is 0.590. The quantitative estimate of drug-likeness (QED) is 0.416. The molecule has 3 heterocycles. The van der Waals surface area contributed by atoms with Crippen LogP contribution in [0.4, 0.5) is 0 Å². The van der Waals surface area contributed by atoms with Crippen LogP contribution in [0.5, 0.6) is 0 Å². The van der Waals surface area contributed by atoms with E-state index in [1.165, 1.54) is 17.3 Å².